The first-order valence-electron chi connectivity index (χ1n) is 7.54. The van der Waals surface area contributed by atoms with Crippen molar-refractivity contribution in [2.24, 2.45) is 5.92 Å². The van der Waals surface area contributed by atoms with Gasteiger partial charge in [-0.3, -0.25) is 4.79 Å². The van der Waals surface area contributed by atoms with Crippen LogP contribution in [0.4, 0.5) is 0 Å². The Morgan fingerprint density at radius 2 is 2.19 bits per heavy atom. The molecule has 5 unspecified atom stereocenters. The van der Waals surface area contributed by atoms with Gasteiger partial charge >= 0.3 is 0 Å². The lowest BCUT2D eigenvalue weighted by atomic mass is 9.67. The Hall–Kier alpha value is -0.750. The highest BCUT2D eigenvalue weighted by Gasteiger charge is 2.76. The lowest BCUT2D eigenvalue weighted by molar-refractivity contribution is -0.245. The van der Waals surface area contributed by atoms with Crippen LogP contribution in [0.5, 0.6) is 0 Å². The van der Waals surface area contributed by atoms with E-state index in [9.17, 15) is 9.90 Å². The van der Waals surface area contributed by atoms with Gasteiger partial charge in [0.25, 0.3) is 0 Å². The second-order valence-corrected chi connectivity index (χ2v) is 6.92. The largest absolute Gasteiger partial charge is 0.369 e. The van der Waals surface area contributed by atoms with Crippen molar-refractivity contribution in [3.05, 3.63) is 11.6 Å². The van der Waals surface area contributed by atoms with Crippen molar-refractivity contribution < 1.29 is 24.1 Å². The van der Waals surface area contributed by atoms with Crippen LogP contribution in [0.1, 0.15) is 40.0 Å². The van der Waals surface area contributed by atoms with Crippen molar-refractivity contribution in [2.75, 3.05) is 13.7 Å². The van der Waals surface area contributed by atoms with E-state index in [0.29, 0.717) is 13.0 Å². The Kier molecular flexibility index (Phi) is 3.34. The lowest BCUT2D eigenvalue weighted by Crippen LogP contribution is -2.62. The number of rotatable bonds is 4. The third-order valence-corrected chi connectivity index (χ3v) is 5.21. The van der Waals surface area contributed by atoms with E-state index in [-0.39, 0.29) is 18.3 Å². The maximum Gasteiger partial charge on any atom is 0.234 e. The van der Waals surface area contributed by atoms with Crippen molar-refractivity contribution in [2.45, 2.75) is 63.1 Å². The molecule has 0 amide bonds. The highest BCUT2D eigenvalue weighted by molar-refractivity contribution is 5.87. The summed E-state index contributed by atoms with van der Waals surface area (Å²) in [6.07, 6.45) is 3.81. The maximum absolute atomic E-state index is 12.2. The van der Waals surface area contributed by atoms with E-state index in [1.807, 2.05) is 20.8 Å². The van der Waals surface area contributed by atoms with Crippen LogP contribution < -0.4 is 0 Å². The molecule has 0 bridgehead atoms. The molecule has 3 rings (SSSR count). The van der Waals surface area contributed by atoms with Gasteiger partial charge in [-0.05, 0) is 33.6 Å². The summed E-state index contributed by atoms with van der Waals surface area (Å²) in [5.74, 6) is -2.54. The van der Waals surface area contributed by atoms with Gasteiger partial charge in [-0.2, -0.15) is 0 Å². The SMILES string of the molecule is COC1(O)C(=O)CCC2(CO2)C1C1(C)OC1CC=C(C)C. The number of aliphatic hydroxyl groups is 1. The molecule has 0 radical (unpaired) electrons. The Bertz CT molecular complexity index is 491. The third-order valence-electron chi connectivity index (χ3n) is 5.21. The highest BCUT2D eigenvalue weighted by atomic mass is 16.7. The fourth-order valence-electron chi connectivity index (χ4n) is 3.86. The van der Waals surface area contributed by atoms with Gasteiger partial charge in [-0.15, -0.1) is 0 Å². The Labute approximate surface area is 125 Å². The number of Topliss-reactive ketones (excluding diaryl/α,β-unsaturated/α-hetero) is 1. The Balaban J connectivity index is 1.88. The summed E-state index contributed by atoms with van der Waals surface area (Å²) in [4.78, 5) is 12.2. The van der Waals surface area contributed by atoms with Gasteiger partial charge in [0.05, 0.1) is 18.6 Å². The number of epoxide rings is 2. The summed E-state index contributed by atoms with van der Waals surface area (Å²) < 4.78 is 16.8. The zero-order valence-corrected chi connectivity index (χ0v) is 13.1. The molecular weight excluding hydrogens is 272 g/mol. The fourth-order valence-corrected chi connectivity index (χ4v) is 3.86. The number of ether oxygens (including phenoxy) is 3. The molecule has 0 aromatic carbocycles. The van der Waals surface area contributed by atoms with E-state index in [2.05, 4.69) is 6.08 Å². The van der Waals surface area contributed by atoms with E-state index < -0.39 is 22.9 Å². The molecule has 1 aliphatic carbocycles. The minimum absolute atomic E-state index is 0.00829. The standard InChI is InChI=1S/C16H24O5/c1-10(2)5-6-12-14(3,21-12)13-15(9-20-15)8-7-11(17)16(13,18)19-4/h5,12-13,18H,6-9H2,1-4H3. The molecule has 2 aliphatic heterocycles. The van der Waals surface area contributed by atoms with E-state index >= 15 is 0 Å². The van der Waals surface area contributed by atoms with Crippen LogP contribution in [0.15, 0.2) is 11.6 Å². The van der Waals surface area contributed by atoms with E-state index in [0.717, 1.165) is 6.42 Å². The maximum atomic E-state index is 12.2. The molecule has 118 valence electrons. The number of ketones is 1. The van der Waals surface area contributed by atoms with Gasteiger partial charge in [-0.25, -0.2) is 0 Å². The molecule has 0 aromatic heterocycles. The summed E-state index contributed by atoms with van der Waals surface area (Å²) >= 11 is 0. The fraction of sp³-hybridized carbons (Fsp3) is 0.812. The summed E-state index contributed by atoms with van der Waals surface area (Å²) in [6, 6.07) is 0. The molecule has 3 fully saturated rings. The normalized spacial score (nSPS) is 48.3. The van der Waals surface area contributed by atoms with Crippen molar-refractivity contribution in [3.63, 3.8) is 0 Å². The van der Waals surface area contributed by atoms with Gasteiger partial charge in [0, 0.05) is 13.5 Å². The van der Waals surface area contributed by atoms with Crippen LogP contribution in [0.25, 0.3) is 0 Å². The molecule has 3 aliphatic rings. The average Bonchev–Trinajstić information content (AvgIpc) is 3.32. The van der Waals surface area contributed by atoms with Crippen LogP contribution in [0.3, 0.4) is 0 Å². The summed E-state index contributed by atoms with van der Waals surface area (Å²) in [6.45, 7) is 6.60. The predicted molar refractivity (Wildman–Crippen MR) is 75.7 cm³/mol. The summed E-state index contributed by atoms with van der Waals surface area (Å²) in [7, 11) is 1.38. The second kappa shape index (κ2) is 4.62. The first kappa shape index (κ1) is 15.2. The number of carbonyl (C=O) groups is 1. The summed E-state index contributed by atoms with van der Waals surface area (Å²) in [5, 5.41) is 10.8. The number of methoxy groups -OCH3 is 1. The topological polar surface area (TPSA) is 71.6 Å². The minimum Gasteiger partial charge on any atom is -0.369 e. The van der Waals surface area contributed by atoms with E-state index in [4.69, 9.17) is 14.2 Å². The van der Waals surface area contributed by atoms with Crippen molar-refractivity contribution in [1.29, 1.82) is 0 Å². The third kappa shape index (κ3) is 2.18. The second-order valence-electron chi connectivity index (χ2n) is 6.92. The number of allylic oxidation sites excluding steroid dienone is 1. The van der Waals surface area contributed by atoms with Gasteiger partial charge in [0.15, 0.2) is 5.78 Å². The molecule has 5 nitrogen and oxygen atoms in total. The molecule has 5 atom stereocenters. The molecule has 2 heterocycles. The molecule has 1 N–H and O–H groups in total. The van der Waals surface area contributed by atoms with Gasteiger partial charge in [-0.1, -0.05) is 11.6 Å². The average molecular weight is 296 g/mol. The smallest absolute Gasteiger partial charge is 0.234 e. The van der Waals surface area contributed by atoms with Crippen LogP contribution in [-0.4, -0.2) is 47.7 Å². The zero-order valence-electron chi connectivity index (χ0n) is 13.1. The van der Waals surface area contributed by atoms with Gasteiger partial charge < -0.3 is 19.3 Å². The monoisotopic (exact) mass is 296 g/mol. The molecule has 21 heavy (non-hydrogen) atoms. The number of hydrogen-bond donors (Lipinski definition) is 1. The molecule has 5 heteroatoms. The first-order valence-corrected chi connectivity index (χ1v) is 7.54. The van der Waals surface area contributed by atoms with Gasteiger partial charge in [0.1, 0.15) is 11.2 Å². The van der Waals surface area contributed by atoms with Crippen molar-refractivity contribution in [1.82, 2.24) is 0 Å². The number of carbonyl (C=O) groups excluding carboxylic acids is 1. The summed E-state index contributed by atoms with van der Waals surface area (Å²) in [5.41, 5.74) is 0.183. The van der Waals surface area contributed by atoms with Crippen LogP contribution >= 0.6 is 0 Å². The highest BCUT2D eigenvalue weighted by Crippen LogP contribution is 2.61. The first-order chi connectivity index (χ1) is 9.78. The van der Waals surface area contributed by atoms with Crippen LogP contribution in [0, 0.1) is 5.92 Å². The van der Waals surface area contributed by atoms with E-state index in [1.54, 1.807) is 0 Å². The van der Waals surface area contributed by atoms with Gasteiger partial charge in [0.2, 0.25) is 5.79 Å². The van der Waals surface area contributed by atoms with Crippen molar-refractivity contribution >= 4 is 5.78 Å². The molecule has 1 spiro atoms. The van der Waals surface area contributed by atoms with E-state index in [1.165, 1.54) is 12.7 Å². The van der Waals surface area contributed by atoms with Crippen molar-refractivity contribution in [3.8, 4) is 0 Å². The quantitative estimate of drug-likeness (QED) is 0.484. The Morgan fingerprint density at radius 1 is 1.52 bits per heavy atom. The lowest BCUT2D eigenvalue weighted by Gasteiger charge is -2.43. The van der Waals surface area contributed by atoms with Crippen LogP contribution in [0.2, 0.25) is 0 Å². The van der Waals surface area contributed by atoms with Crippen LogP contribution in [-0.2, 0) is 19.0 Å². The zero-order chi connectivity index (χ0) is 15.5. The molecule has 1 saturated carbocycles. The molecule has 0 aromatic rings. The minimum atomic E-state index is -1.80. The predicted octanol–water partition coefficient (Wildman–Crippen LogP) is 1.58. The number of hydrogen-bond acceptors (Lipinski definition) is 5. The molecular formula is C16H24O5. The molecule has 2 saturated heterocycles. The Morgan fingerprint density at radius 3 is 2.71 bits per heavy atom.